The van der Waals surface area contributed by atoms with E-state index in [1.807, 2.05) is 0 Å². The van der Waals surface area contributed by atoms with E-state index in [1.54, 1.807) is 58.2 Å². The molecule has 1 aromatic carbocycles. The monoisotopic (exact) mass is 1690 g/mol. The van der Waals surface area contributed by atoms with Crippen LogP contribution in [0, 0.1) is 11.8 Å². The number of carboxylic acids is 2. The Morgan fingerprint density at radius 3 is 1.54 bits per heavy atom. The lowest BCUT2D eigenvalue weighted by Gasteiger charge is -2.34. The minimum Gasteiger partial charge on any atom is -0.481 e. The van der Waals surface area contributed by atoms with Gasteiger partial charge in [0, 0.05) is 56.1 Å². The molecule has 4 fully saturated rings. The van der Waals surface area contributed by atoms with E-state index in [-0.39, 0.29) is 109 Å². The SMILES string of the molecule is CC[C@H](C)[C@H](N)C(=O)N[C@@H](CCC(=O)O)C(=O)N[C@@H](Cc1c[nH]c2ccccc12)C(=O)N[C@@H](CC(C)C)C(=O)N[C@@H](CCCCN)C(=O)N[C@@H](CC(N)=O)C(=O)NCC(=O)NCC(=O)N1CCC[C@H]1C(=O)N[C@@H](CO)C(=O)N[C@@H](CO)C(=O)NCC(=O)N[C@@H](C)C(=O)N1CCC[C@H]1C(=O)N1CCC[C@H]1C(=O)N1CCC[C@H]1C(=O)N[C@@H](CO)C(=O)O. The van der Waals surface area contributed by atoms with E-state index in [0.29, 0.717) is 48.6 Å². The van der Waals surface area contributed by atoms with E-state index in [9.17, 15) is 117 Å². The Morgan fingerprint density at radius 1 is 0.500 bits per heavy atom. The highest BCUT2D eigenvalue weighted by Crippen LogP contribution is 2.30. The smallest absolute Gasteiger partial charge is 0.328 e. The van der Waals surface area contributed by atoms with Gasteiger partial charge in [-0.3, -0.25) is 86.3 Å². The number of fused-ring (bicyclic) bond motifs is 1. The maximum atomic E-state index is 14.7. The number of aliphatic hydroxyl groups is 3. The summed E-state index contributed by atoms with van der Waals surface area (Å²) in [5.41, 5.74) is 18.7. The Morgan fingerprint density at radius 2 is 0.967 bits per heavy atom. The number of unbranched alkanes of at least 4 members (excludes halogenated alkanes) is 1. The number of carboxylic acid groups (broad SMARTS) is 2. The number of likely N-dealkylation sites (tertiary alicyclic amines) is 4. The maximum absolute atomic E-state index is 14.7. The van der Waals surface area contributed by atoms with E-state index < -0.39 is 249 Å². The van der Waals surface area contributed by atoms with Gasteiger partial charge in [-0.15, -0.1) is 0 Å². The molecule has 120 heavy (non-hydrogen) atoms. The third-order valence-electron chi connectivity index (χ3n) is 21.3. The van der Waals surface area contributed by atoms with Gasteiger partial charge in [-0.05, 0) is 120 Å². The van der Waals surface area contributed by atoms with Gasteiger partial charge >= 0.3 is 11.9 Å². The van der Waals surface area contributed by atoms with Crippen LogP contribution in [-0.4, -0.2) is 319 Å². The zero-order chi connectivity index (χ0) is 88.8. The number of primary amides is 1. The molecule has 1 aromatic heterocycles. The lowest BCUT2D eigenvalue weighted by Crippen LogP contribution is -2.60. The van der Waals surface area contributed by atoms with Gasteiger partial charge in [0.1, 0.15) is 78.5 Å². The Bertz CT molecular complexity index is 4030. The van der Waals surface area contributed by atoms with Crippen LogP contribution in [0.4, 0.5) is 0 Å². The molecule has 15 atom stereocenters. The molecular formula is C76H116N20O24. The van der Waals surface area contributed by atoms with Crippen LogP contribution in [0.2, 0.25) is 0 Å². The van der Waals surface area contributed by atoms with Crippen LogP contribution in [0.15, 0.2) is 30.5 Å². The molecule has 0 unspecified atom stereocenters. The predicted molar refractivity (Wildman–Crippen MR) is 422 cm³/mol. The largest absolute Gasteiger partial charge is 0.481 e. The number of para-hydroxylation sites is 1. The minimum absolute atomic E-state index is 0.0267. The molecule has 4 aliphatic heterocycles. The second-order valence-electron chi connectivity index (χ2n) is 30.7. The number of aromatic nitrogens is 1. The number of nitrogens with one attached hydrogen (secondary N) is 13. The highest BCUT2D eigenvalue weighted by molar-refractivity contribution is 6.02. The summed E-state index contributed by atoms with van der Waals surface area (Å²) in [6, 6.07) is -12.4. The number of benzene rings is 1. The number of aromatic amines is 1. The van der Waals surface area contributed by atoms with E-state index >= 15 is 0 Å². The quantitative estimate of drug-likeness (QED) is 0.0274. The predicted octanol–water partition coefficient (Wildman–Crippen LogP) is -8.24. The molecule has 0 aliphatic carbocycles. The fourth-order valence-electron chi connectivity index (χ4n) is 14.5. The third kappa shape index (κ3) is 28.1. The number of carbonyl (C=O) groups excluding carboxylic acids is 17. The molecular weight excluding hydrogens is 1580 g/mol. The maximum Gasteiger partial charge on any atom is 0.328 e. The van der Waals surface area contributed by atoms with E-state index in [4.69, 9.17) is 17.2 Å². The molecule has 0 saturated carbocycles. The summed E-state index contributed by atoms with van der Waals surface area (Å²) in [6.45, 7) is 3.42. The molecule has 0 spiro atoms. The summed E-state index contributed by atoms with van der Waals surface area (Å²) in [5.74, 6) is -18.6. The molecule has 664 valence electrons. The summed E-state index contributed by atoms with van der Waals surface area (Å²) >= 11 is 0. The van der Waals surface area contributed by atoms with Crippen LogP contribution in [0.5, 0.6) is 0 Å². The number of nitrogens with two attached hydrogens (primary N) is 3. The summed E-state index contributed by atoms with van der Waals surface area (Å²) in [4.78, 5) is 264. The number of H-pyrrole nitrogens is 1. The van der Waals surface area contributed by atoms with Crippen LogP contribution in [0.25, 0.3) is 10.9 Å². The number of aliphatic carboxylic acids is 2. The molecule has 17 amide bonds. The van der Waals surface area contributed by atoms with Crippen molar-refractivity contribution in [1.82, 2.24) is 88.4 Å². The average molecular weight is 1690 g/mol. The number of hydrogen-bond acceptors (Lipinski definition) is 24. The Labute approximate surface area is 691 Å². The number of carbonyl (C=O) groups is 19. The topological polar surface area (TPSA) is 677 Å². The fourth-order valence-corrected chi connectivity index (χ4v) is 14.5. The number of nitrogens with zero attached hydrogens (tertiary/aromatic N) is 4. The first-order valence-electron chi connectivity index (χ1n) is 40.3. The van der Waals surface area contributed by atoms with Crippen molar-refractivity contribution in [3.63, 3.8) is 0 Å². The first-order chi connectivity index (χ1) is 57.0. The highest BCUT2D eigenvalue weighted by atomic mass is 16.4. The summed E-state index contributed by atoms with van der Waals surface area (Å²) in [6.07, 6.45) is 2.72. The first-order valence-corrected chi connectivity index (χ1v) is 40.3. The van der Waals surface area contributed by atoms with Gasteiger partial charge in [-0.2, -0.15) is 0 Å². The van der Waals surface area contributed by atoms with Gasteiger partial charge in [-0.25, -0.2) is 4.79 Å². The molecule has 2 aromatic rings. The van der Waals surface area contributed by atoms with Crippen LogP contribution < -0.4 is 81.0 Å². The van der Waals surface area contributed by atoms with Crippen molar-refractivity contribution in [2.75, 3.05) is 72.2 Å². The van der Waals surface area contributed by atoms with Gasteiger partial charge in [0.2, 0.25) is 100 Å². The Kier molecular flexibility index (Phi) is 38.4. The summed E-state index contributed by atoms with van der Waals surface area (Å²) in [7, 11) is 0. The van der Waals surface area contributed by atoms with Crippen LogP contribution in [0.1, 0.15) is 143 Å². The van der Waals surface area contributed by atoms with E-state index in [0.717, 1.165) is 4.90 Å². The molecule has 4 saturated heterocycles. The van der Waals surface area contributed by atoms with Gasteiger partial charge in [0.05, 0.1) is 51.9 Å². The highest BCUT2D eigenvalue weighted by Gasteiger charge is 2.47. The van der Waals surface area contributed by atoms with Crippen LogP contribution in [-0.2, 0) is 97.5 Å². The van der Waals surface area contributed by atoms with Gasteiger partial charge in [-0.1, -0.05) is 52.3 Å². The molecule has 6 rings (SSSR count). The lowest BCUT2D eigenvalue weighted by molar-refractivity contribution is -0.151. The summed E-state index contributed by atoms with van der Waals surface area (Å²) < 4.78 is 0. The van der Waals surface area contributed by atoms with Crippen molar-refractivity contribution in [3.8, 4) is 0 Å². The van der Waals surface area contributed by atoms with Crippen molar-refractivity contribution >= 4 is 123 Å². The number of aliphatic hydroxyl groups excluding tert-OH is 3. The summed E-state index contributed by atoms with van der Waals surface area (Å²) in [5, 5.41) is 78.1. The van der Waals surface area contributed by atoms with Crippen molar-refractivity contribution in [3.05, 3.63) is 36.0 Å². The normalized spacial score (nSPS) is 19.1. The Balaban J connectivity index is 0.990. The second-order valence-corrected chi connectivity index (χ2v) is 30.7. The first kappa shape index (κ1) is 97.3. The molecule has 4 aliphatic rings. The third-order valence-corrected chi connectivity index (χ3v) is 21.3. The average Bonchev–Trinajstić information content (AvgIpc) is 1.61. The second kappa shape index (κ2) is 47.3. The van der Waals surface area contributed by atoms with Crippen molar-refractivity contribution < 1.29 is 117 Å². The molecule has 0 bridgehead atoms. The molecule has 5 heterocycles. The molecule has 44 heteroatoms. The zero-order valence-corrected chi connectivity index (χ0v) is 67.9. The van der Waals surface area contributed by atoms with Crippen LogP contribution >= 0.6 is 0 Å². The fraction of sp³-hybridized carbons (Fsp3) is 0.645. The molecule has 44 nitrogen and oxygen atoms in total. The molecule has 0 radical (unpaired) electrons. The van der Waals surface area contributed by atoms with E-state index in [2.05, 4.69) is 68.8 Å². The van der Waals surface area contributed by atoms with E-state index in [1.165, 1.54) is 21.6 Å². The molecule has 24 N–H and O–H groups in total. The number of rotatable bonds is 47. The number of hydrogen-bond donors (Lipinski definition) is 21. The van der Waals surface area contributed by atoms with Crippen molar-refractivity contribution in [2.24, 2.45) is 29.0 Å². The van der Waals surface area contributed by atoms with Gasteiger partial charge in [0.25, 0.3) is 0 Å². The lowest BCUT2D eigenvalue weighted by atomic mass is 9.98. The van der Waals surface area contributed by atoms with Gasteiger partial charge in [0.15, 0.2) is 0 Å². The minimum atomic E-state index is -1.79. The standard InChI is InChI=1S/C76H116N20O24/c1-6-40(4)62(79)72(115)86-46(22-23-61(104)105)66(109)88-48(30-42-32-80-44-16-8-7-15-43(42)44)68(111)87-47(29-39(2)3)67(110)85-45(17-9-10-24-77)65(108)89-49(31-57(78)100)63(106)82-33-58(101)81-35-60(103)93-25-11-18-53(93)70(113)91-51(37-98)69(112)90-50(36-97)64(107)83-34-59(102)84-41(5)73(116)95-27-13-20-55(95)75(118)96-28-14-21-56(96)74(117)94-26-12-19-54(94)71(114)92-52(38-99)76(119)120/h7-8,15-16,32,39-41,45-56,62,80,97-99H,6,9-14,17-31,33-38,77,79H2,1-5H3,(H2,78,100)(H,81,101)(H,82,106)(H,83,107)(H,84,102)(H,85,110)(H,86,115)(H,87,111)(H,88,109)(H,89,108)(H,90,112)(H,91,113)(H,92,114)(H,104,105)(H,119,120)/t40-,41-,45-,46-,47-,48-,49-,50-,51-,52-,53-,54-,55-,56-,62-/m0/s1. The van der Waals surface area contributed by atoms with Crippen molar-refractivity contribution in [1.29, 1.82) is 0 Å². The Hall–Kier alpha value is -11.5. The van der Waals surface area contributed by atoms with Crippen LogP contribution in [0.3, 0.4) is 0 Å². The zero-order valence-electron chi connectivity index (χ0n) is 67.9. The number of amides is 17. The van der Waals surface area contributed by atoms with Crippen molar-refractivity contribution in [2.45, 2.75) is 228 Å². The van der Waals surface area contributed by atoms with Gasteiger partial charge < -0.3 is 131 Å².